The molecular formula is C18H14ClIN2O2. The van der Waals surface area contributed by atoms with E-state index in [1.165, 1.54) is 6.20 Å². The van der Waals surface area contributed by atoms with Crippen molar-refractivity contribution in [3.8, 4) is 0 Å². The second kappa shape index (κ2) is 7.36. The smallest absolute Gasteiger partial charge is 0.341 e. The zero-order valence-corrected chi connectivity index (χ0v) is 15.8. The monoisotopic (exact) mass is 452 g/mol. The Morgan fingerprint density at radius 1 is 1.25 bits per heavy atom. The quantitative estimate of drug-likeness (QED) is 0.425. The lowest BCUT2D eigenvalue weighted by molar-refractivity contribution is 0.0527. The summed E-state index contributed by atoms with van der Waals surface area (Å²) in [5.74, 6) is -0.417. The summed E-state index contributed by atoms with van der Waals surface area (Å²) in [6.45, 7) is 2.07. The first-order chi connectivity index (χ1) is 11.6. The number of anilines is 2. The Morgan fingerprint density at radius 3 is 2.71 bits per heavy atom. The van der Waals surface area contributed by atoms with Crippen molar-refractivity contribution in [3.63, 3.8) is 0 Å². The maximum absolute atomic E-state index is 12.3. The molecule has 24 heavy (non-hydrogen) atoms. The Bertz CT molecular complexity index is 897. The molecule has 3 aromatic rings. The molecule has 4 nitrogen and oxygen atoms in total. The molecule has 1 N–H and O–H groups in total. The van der Waals surface area contributed by atoms with E-state index in [1.807, 2.05) is 36.4 Å². The molecule has 1 aromatic heterocycles. The van der Waals surface area contributed by atoms with Gasteiger partial charge in [0.15, 0.2) is 0 Å². The van der Waals surface area contributed by atoms with Gasteiger partial charge in [0.05, 0.1) is 22.8 Å². The standard InChI is InChI=1S/C18H14ClIN2O2/c1-2-24-18(23)14-10-21-17-13(4-3-5-15(17)19)16(14)22-12-8-6-11(20)7-9-12/h3-10H,2H2,1H3,(H,21,22). The van der Waals surface area contributed by atoms with E-state index >= 15 is 0 Å². The summed E-state index contributed by atoms with van der Waals surface area (Å²) in [7, 11) is 0. The third-order valence-electron chi connectivity index (χ3n) is 3.46. The van der Waals surface area contributed by atoms with Crippen molar-refractivity contribution >= 4 is 62.4 Å². The van der Waals surface area contributed by atoms with Crippen molar-refractivity contribution in [1.82, 2.24) is 4.98 Å². The van der Waals surface area contributed by atoms with Gasteiger partial charge in [-0.05, 0) is 59.8 Å². The van der Waals surface area contributed by atoms with Crippen LogP contribution in [0, 0.1) is 3.57 Å². The van der Waals surface area contributed by atoms with Crippen LogP contribution in [-0.2, 0) is 4.74 Å². The van der Waals surface area contributed by atoms with Crippen LogP contribution in [-0.4, -0.2) is 17.6 Å². The minimum Gasteiger partial charge on any atom is -0.462 e. The lowest BCUT2D eigenvalue weighted by atomic mass is 10.1. The van der Waals surface area contributed by atoms with Gasteiger partial charge in [0.2, 0.25) is 0 Å². The number of rotatable bonds is 4. The first-order valence-electron chi connectivity index (χ1n) is 7.37. The van der Waals surface area contributed by atoms with Gasteiger partial charge in [-0.15, -0.1) is 0 Å². The van der Waals surface area contributed by atoms with E-state index in [0.29, 0.717) is 28.4 Å². The van der Waals surface area contributed by atoms with E-state index in [0.717, 1.165) is 14.6 Å². The van der Waals surface area contributed by atoms with Crippen LogP contribution < -0.4 is 5.32 Å². The van der Waals surface area contributed by atoms with E-state index in [-0.39, 0.29) is 0 Å². The molecule has 0 saturated carbocycles. The van der Waals surface area contributed by atoms with Gasteiger partial charge in [-0.1, -0.05) is 23.7 Å². The second-order valence-corrected chi connectivity index (χ2v) is 6.69. The van der Waals surface area contributed by atoms with Gasteiger partial charge in [0.1, 0.15) is 5.56 Å². The molecular weight excluding hydrogens is 439 g/mol. The van der Waals surface area contributed by atoms with E-state index in [1.54, 1.807) is 13.0 Å². The molecule has 0 atom stereocenters. The SMILES string of the molecule is CCOC(=O)c1cnc2c(Cl)cccc2c1Nc1ccc(I)cc1. The average Bonchev–Trinajstić information content (AvgIpc) is 2.58. The van der Waals surface area contributed by atoms with Crippen molar-refractivity contribution in [1.29, 1.82) is 0 Å². The summed E-state index contributed by atoms with van der Waals surface area (Å²) in [5, 5.41) is 4.61. The van der Waals surface area contributed by atoms with Gasteiger partial charge in [0, 0.05) is 20.8 Å². The second-order valence-electron chi connectivity index (χ2n) is 5.04. The van der Waals surface area contributed by atoms with Crippen LogP contribution in [0.25, 0.3) is 10.9 Å². The molecule has 0 radical (unpaired) electrons. The Labute approximate surface area is 158 Å². The van der Waals surface area contributed by atoms with Gasteiger partial charge in [-0.3, -0.25) is 4.98 Å². The number of hydrogen-bond acceptors (Lipinski definition) is 4. The van der Waals surface area contributed by atoms with Gasteiger partial charge >= 0.3 is 5.97 Å². The topological polar surface area (TPSA) is 51.2 Å². The number of ether oxygens (including phenoxy) is 1. The number of esters is 1. The highest BCUT2D eigenvalue weighted by atomic mass is 127. The summed E-state index contributed by atoms with van der Waals surface area (Å²) in [4.78, 5) is 16.6. The lowest BCUT2D eigenvalue weighted by Crippen LogP contribution is -2.09. The van der Waals surface area contributed by atoms with E-state index in [4.69, 9.17) is 16.3 Å². The number of fused-ring (bicyclic) bond motifs is 1. The average molecular weight is 453 g/mol. The summed E-state index contributed by atoms with van der Waals surface area (Å²) < 4.78 is 6.28. The fourth-order valence-corrected chi connectivity index (χ4v) is 2.95. The molecule has 2 aromatic carbocycles. The van der Waals surface area contributed by atoms with Crippen molar-refractivity contribution in [3.05, 3.63) is 62.8 Å². The Hall–Kier alpha value is -1.86. The number of aromatic nitrogens is 1. The molecule has 0 spiro atoms. The number of nitrogens with one attached hydrogen (secondary N) is 1. The highest BCUT2D eigenvalue weighted by molar-refractivity contribution is 14.1. The van der Waals surface area contributed by atoms with Crippen molar-refractivity contribution in [2.75, 3.05) is 11.9 Å². The maximum atomic E-state index is 12.3. The fourth-order valence-electron chi connectivity index (χ4n) is 2.36. The normalized spacial score (nSPS) is 10.6. The fraction of sp³-hybridized carbons (Fsp3) is 0.111. The zero-order chi connectivity index (χ0) is 17.1. The molecule has 0 saturated heterocycles. The van der Waals surface area contributed by atoms with E-state index in [9.17, 15) is 4.79 Å². The van der Waals surface area contributed by atoms with Crippen LogP contribution in [0.15, 0.2) is 48.7 Å². The minimum absolute atomic E-state index is 0.301. The number of pyridine rings is 1. The summed E-state index contributed by atoms with van der Waals surface area (Å²) in [5.41, 5.74) is 2.53. The molecule has 6 heteroatoms. The molecule has 1 heterocycles. The van der Waals surface area contributed by atoms with Crippen LogP contribution in [0.2, 0.25) is 5.02 Å². The van der Waals surface area contributed by atoms with Crippen LogP contribution in [0.1, 0.15) is 17.3 Å². The third-order valence-corrected chi connectivity index (χ3v) is 4.48. The van der Waals surface area contributed by atoms with Crippen LogP contribution in [0.3, 0.4) is 0 Å². The first kappa shape index (κ1) is 17.0. The minimum atomic E-state index is -0.417. The van der Waals surface area contributed by atoms with Crippen LogP contribution >= 0.6 is 34.2 Å². The summed E-state index contributed by atoms with van der Waals surface area (Å²) in [6.07, 6.45) is 1.50. The molecule has 0 bridgehead atoms. The number of para-hydroxylation sites is 1. The Kier molecular flexibility index (Phi) is 5.20. The first-order valence-corrected chi connectivity index (χ1v) is 8.82. The predicted molar refractivity (Wildman–Crippen MR) is 105 cm³/mol. The van der Waals surface area contributed by atoms with Gasteiger partial charge in [-0.25, -0.2) is 4.79 Å². The van der Waals surface area contributed by atoms with E-state index in [2.05, 4.69) is 32.9 Å². The lowest BCUT2D eigenvalue weighted by Gasteiger charge is -2.14. The van der Waals surface area contributed by atoms with Crippen molar-refractivity contribution in [2.24, 2.45) is 0 Å². The molecule has 0 unspecified atom stereocenters. The molecule has 0 fully saturated rings. The molecule has 0 aliphatic carbocycles. The van der Waals surface area contributed by atoms with Crippen molar-refractivity contribution in [2.45, 2.75) is 6.92 Å². The highest BCUT2D eigenvalue weighted by Crippen LogP contribution is 2.32. The molecule has 0 amide bonds. The van der Waals surface area contributed by atoms with Crippen molar-refractivity contribution < 1.29 is 9.53 Å². The molecule has 0 aliphatic rings. The number of hydrogen-bond donors (Lipinski definition) is 1. The predicted octanol–water partition coefficient (Wildman–Crippen LogP) is 5.41. The number of carbonyl (C=O) groups is 1. The zero-order valence-electron chi connectivity index (χ0n) is 12.8. The number of benzene rings is 2. The molecule has 122 valence electrons. The Morgan fingerprint density at radius 2 is 2.00 bits per heavy atom. The summed E-state index contributed by atoms with van der Waals surface area (Å²) >= 11 is 8.48. The highest BCUT2D eigenvalue weighted by Gasteiger charge is 2.18. The molecule has 3 rings (SSSR count). The number of nitrogens with zero attached hydrogens (tertiary/aromatic N) is 1. The van der Waals surface area contributed by atoms with Gasteiger partial charge < -0.3 is 10.1 Å². The molecule has 0 aliphatic heterocycles. The Balaban J connectivity index is 2.16. The number of halogens is 2. The number of carbonyl (C=O) groups excluding carboxylic acids is 1. The third kappa shape index (κ3) is 3.47. The van der Waals surface area contributed by atoms with Gasteiger partial charge in [-0.2, -0.15) is 0 Å². The maximum Gasteiger partial charge on any atom is 0.341 e. The largest absolute Gasteiger partial charge is 0.462 e. The van der Waals surface area contributed by atoms with Crippen LogP contribution in [0.5, 0.6) is 0 Å². The summed E-state index contributed by atoms with van der Waals surface area (Å²) in [6, 6.07) is 13.4. The van der Waals surface area contributed by atoms with Gasteiger partial charge in [0.25, 0.3) is 0 Å². The van der Waals surface area contributed by atoms with E-state index < -0.39 is 5.97 Å². The van der Waals surface area contributed by atoms with Crippen LogP contribution in [0.4, 0.5) is 11.4 Å².